The molecule has 2 heterocycles. The van der Waals surface area contributed by atoms with Crippen molar-refractivity contribution < 1.29 is 9.90 Å². The van der Waals surface area contributed by atoms with E-state index >= 15 is 0 Å². The summed E-state index contributed by atoms with van der Waals surface area (Å²) in [6.07, 6.45) is 3.58. The van der Waals surface area contributed by atoms with Gasteiger partial charge < -0.3 is 10.0 Å². The van der Waals surface area contributed by atoms with Crippen LogP contribution in [0.25, 0.3) is 0 Å². The lowest BCUT2D eigenvalue weighted by atomic mass is 10.2. The zero-order valence-electron chi connectivity index (χ0n) is 8.68. The van der Waals surface area contributed by atoms with Gasteiger partial charge in [0.25, 0.3) is 5.91 Å². The van der Waals surface area contributed by atoms with Crippen LogP contribution in [0.2, 0.25) is 0 Å². The van der Waals surface area contributed by atoms with Crippen molar-refractivity contribution in [2.24, 2.45) is 0 Å². The van der Waals surface area contributed by atoms with Gasteiger partial charge in [-0.25, -0.2) is 4.98 Å². The Morgan fingerprint density at radius 1 is 1.67 bits per heavy atom. The van der Waals surface area contributed by atoms with E-state index in [1.807, 2.05) is 6.92 Å². The van der Waals surface area contributed by atoms with Gasteiger partial charge in [-0.05, 0) is 31.9 Å². The van der Waals surface area contributed by atoms with Gasteiger partial charge >= 0.3 is 0 Å². The third kappa shape index (κ3) is 1.79. The Bertz CT molecular complexity index is 379. The minimum absolute atomic E-state index is 0.0402. The van der Waals surface area contributed by atoms with Crippen molar-refractivity contribution in [1.29, 1.82) is 0 Å². The standard InChI is InChI=1S/C11H14N2O2/c1-8-4-3-7-13(8)11(15)10-9(14)5-2-6-12-10/h2,5-6,8,14H,3-4,7H2,1H3. The Balaban J connectivity index is 2.24. The van der Waals surface area contributed by atoms with Crippen LogP contribution in [-0.4, -0.2) is 33.5 Å². The number of aromatic hydroxyl groups is 1. The molecule has 4 heteroatoms. The maximum Gasteiger partial charge on any atom is 0.276 e. The number of aromatic nitrogens is 1. The molecule has 1 N–H and O–H groups in total. The smallest absolute Gasteiger partial charge is 0.276 e. The Morgan fingerprint density at radius 3 is 3.07 bits per heavy atom. The molecule has 1 amide bonds. The minimum atomic E-state index is -0.168. The summed E-state index contributed by atoms with van der Waals surface area (Å²) in [5, 5.41) is 9.52. The highest BCUT2D eigenvalue weighted by molar-refractivity contribution is 5.95. The molecule has 1 aromatic heterocycles. The normalized spacial score (nSPS) is 20.6. The van der Waals surface area contributed by atoms with Gasteiger partial charge in [0.15, 0.2) is 5.69 Å². The molecule has 2 rings (SSSR count). The third-order valence-electron chi connectivity index (χ3n) is 2.80. The zero-order chi connectivity index (χ0) is 10.8. The monoisotopic (exact) mass is 206 g/mol. The highest BCUT2D eigenvalue weighted by Crippen LogP contribution is 2.22. The fourth-order valence-corrected chi connectivity index (χ4v) is 1.93. The largest absolute Gasteiger partial charge is 0.505 e. The molecule has 1 saturated heterocycles. The molecule has 1 fully saturated rings. The molecule has 0 spiro atoms. The van der Waals surface area contributed by atoms with E-state index in [1.165, 1.54) is 12.3 Å². The average molecular weight is 206 g/mol. The van der Waals surface area contributed by atoms with Crippen molar-refractivity contribution in [2.45, 2.75) is 25.8 Å². The summed E-state index contributed by atoms with van der Waals surface area (Å²) in [6.45, 7) is 2.78. The average Bonchev–Trinajstić information content (AvgIpc) is 2.64. The van der Waals surface area contributed by atoms with E-state index in [0.29, 0.717) is 0 Å². The fraction of sp³-hybridized carbons (Fsp3) is 0.455. The van der Waals surface area contributed by atoms with Gasteiger partial charge in [-0.3, -0.25) is 4.79 Å². The van der Waals surface area contributed by atoms with E-state index in [0.717, 1.165) is 19.4 Å². The van der Waals surface area contributed by atoms with Gasteiger partial charge in [-0.15, -0.1) is 0 Å². The Kier molecular flexibility index (Phi) is 2.58. The molecule has 1 atom stereocenters. The highest BCUT2D eigenvalue weighted by atomic mass is 16.3. The van der Waals surface area contributed by atoms with E-state index in [4.69, 9.17) is 0 Å². The molecule has 4 nitrogen and oxygen atoms in total. The molecule has 0 bridgehead atoms. The number of carbonyl (C=O) groups excluding carboxylic acids is 1. The third-order valence-corrected chi connectivity index (χ3v) is 2.80. The number of likely N-dealkylation sites (tertiary alicyclic amines) is 1. The maximum atomic E-state index is 12.0. The number of nitrogens with zero attached hydrogens (tertiary/aromatic N) is 2. The van der Waals surface area contributed by atoms with Crippen molar-refractivity contribution in [2.75, 3.05) is 6.54 Å². The van der Waals surface area contributed by atoms with Gasteiger partial charge in [0.1, 0.15) is 5.75 Å². The predicted molar refractivity (Wildman–Crippen MR) is 55.6 cm³/mol. The molecule has 0 saturated carbocycles. The Hall–Kier alpha value is -1.58. The van der Waals surface area contributed by atoms with Crippen LogP contribution in [0, 0.1) is 0 Å². The van der Waals surface area contributed by atoms with Gasteiger partial charge in [-0.2, -0.15) is 0 Å². The van der Waals surface area contributed by atoms with Gasteiger partial charge in [0.2, 0.25) is 0 Å². The summed E-state index contributed by atoms with van der Waals surface area (Å²) in [6, 6.07) is 3.35. The van der Waals surface area contributed by atoms with Crippen LogP contribution in [0.3, 0.4) is 0 Å². The number of hydrogen-bond acceptors (Lipinski definition) is 3. The SMILES string of the molecule is CC1CCCN1C(=O)c1ncccc1O. The molecule has 1 aliphatic heterocycles. The highest BCUT2D eigenvalue weighted by Gasteiger charge is 2.28. The number of hydrogen-bond donors (Lipinski definition) is 1. The van der Waals surface area contributed by atoms with Crippen LogP contribution in [0.5, 0.6) is 5.75 Å². The van der Waals surface area contributed by atoms with E-state index in [-0.39, 0.29) is 23.4 Å². The lowest BCUT2D eigenvalue weighted by Crippen LogP contribution is -2.34. The number of rotatable bonds is 1. The molecule has 0 aromatic carbocycles. The maximum absolute atomic E-state index is 12.0. The van der Waals surface area contributed by atoms with Crippen molar-refractivity contribution >= 4 is 5.91 Å². The van der Waals surface area contributed by atoms with Crippen LogP contribution in [-0.2, 0) is 0 Å². The first kappa shape index (κ1) is 9.96. The molecule has 15 heavy (non-hydrogen) atoms. The lowest BCUT2D eigenvalue weighted by molar-refractivity contribution is 0.0738. The lowest BCUT2D eigenvalue weighted by Gasteiger charge is -2.20. The molecule has 0 aliphatic carbocycles. The molecule has 1 aromatic rings. The molecular formula is C11H14N2O2. The van der Waals surface area contributed by atoms with E-state index in [2.05, 4.69) is 4.98 Å². The first-order valence-corrected chi connectivity index (χ1v) is 5.15. The Labute approximate surface area is 88.6 Å². The second kappa shape index (κ2) is 3.88. The molecule has 80 valence electrons. The predicted octanol–water partition coefficient (Wildman–Crippen LogP) is 1.41. The molecule has 1 unspecified atom stereocenters. The van der Waals surface area contributed by atoms with Gasteiger partial charge in [0, 0.05) is 18.8 Å². The van der Waals surface area contributed by atoms with Crippen LogP contribution >= 0.6 is 0 Å². The summed E-state index contributed by atoms with van der Waals surface area (Å²) in [5.41, 5.74) is 0.159. The Morgan fingerprint density at radius 2 is 2.47 bits per heavy atom. The van der Waals surface area contributed by atoms with E-state index < -0.39 is 0 Å². The molecule has 0 radical (unpaired) electrons. The van der Waals surface area contributed by atoms with E-state index in [9.17, 15) is 9.90 Å². The van der Waals surface area contributed by atoms with Gasteiger partial charge in [0.05, 0.1) is 0 Å². The number of pyridine rings is 1. The first-order valence-electron chi connectivity index (χ1n) is 5.15. The number of amides is 1. The second-order valence-corrected chi connectivity index (χ2v) is 3.86. The van der Waals surface area contributed by atoms with Crippen LogP contribution in [0.1, 0.15) is 30.3 Å². The van der Waals surface area contributed by atoms with E-state index in [1.54, 1.807) is 11.0 Å². The summed E-state index contributed by atoms with van der Waals surface area (Å²) in [5.74, 6) is -0.209. The minimum Gasteiger partial charge on any atom is -0.505 e. The van der Waals surface area contributed by atoms with Gasteiger partial charge in [-0.1, -0.05) is 0 Å². The quantitative estimate of drug-likeness (QED) is 0.755. The van der Waals surface area contributed by atoms with Crippen molar-refractivity contribution in [3.63, 3.8) is 0 Å². The summed E-state index contributed by atoms with van der Waals surface area (Å²) in [4.78, 5) is 17.7. The zero-order valence-corrected chi connectivity index (χ0v) is 8.68. The topological polar surface area (TPSA) is 53.4 Å². The fourth-order valence-electron chi connectivity index (χ4n) is 1.93. The number of carbonyl (C=O) groups is 1. The summed E-state index contributed by atoms with van der Waals surface area (Å²) >= 11 is 0. The van der Waals surface area contributed by atoms with Crippen LogP contribution < -0.4 is 0 Å². The van der Waals surface area contributed by atoms with Crippen LogP contribution in [0.4, 0.5) is 0 Å². The second-order valence-electron chi connectivity index (χ2n) is 3.86. The van der Waals surface area contributed by atoms with Crippen molar-refractivity contribution in [1.82, 2.24) is 9.88 Å². The van der Waals surface area contributed by atoms with Crippen molar-refractivity contribution in [3.8, 4) is 5.75 Å². The summed E-state index contributed by atoms with van der Waals surface area (Å²) < 4.78 is 0. The molecular weight excluding hydrogens is 192 g/mol. The van der Waals surface area contributed by atoms with Crippen molar-refractivity contribution in [3.05, 3.63) is 24.0 Å². The molecule has 1 aliphatic rings. The first-order chi connectivity index (χ1) is 7.20. The summed E-state index contributed by atoms with van der Waals surface area (Å²) in [7, 11) is 0. The van der Waals surface area contributed by atoms with Crippen LogP contribution in [0.15, 0.2) is 18.3 Å².